The summed E-state index contributed by atoms with van der Waals surface area (Å²) in [4.78, 5) is 20.9. The highest BCUT2D eigenvalue weighted by Crippen LogP contribution is 2.22. The molecule has 0 aromatic heterocycles. The smallest absolute Gasteiger partial charge is 0.270 e. The number of hydrogen-bond acceptors (Lipinski definition) is 6. The van der Waals surface area contributed by atoms with Crippen molar-refractivity contribution in [1.29, 1.82) is 0 Å². The molecular formula is C13H17NO6. The van der Waals surface area contributed by atoms with Gasteiger partial charge in [-0.05, 0) is 19.9 Å². The second kappa shape index (κ2) is 7.56. The molecule has 0 radical (unpaired) electrons. The molecule has 0 spiro atoms. The molecule has 7 nitrogen and oxygen atoms in total. The summed E-state index contributed by atoms with van der Waals surface area (Å²) in [6.45, 7) is 3.73. The Kier molecular flexibility index (Phi) is 6.08. The maximum Gasteiger partial charge on any atom is 0.270 e. The molecule has 7 heteroatoms. The number of aliphatic hydroxyl groups excluding tert-OH is 1. The van der Waals surface area contributed by atoms with Gasteiger partial charge in [0.1, 0.15) is 18.5 Å². The van der Waals surface area contributed by atoms with Gasteiger partial charge in [0.15, 0.2) is 6.29 Å². The Balaban J connectivity index is 2.63. The first-order valence-corrected chi connectivity index (χ1v) is 6.10. The van der Waals surface area contributed by atoms with E-state index in [9.17, 15) is 20.0 Å². The van der Waals surface area contributed by atoms with E-state index in [-0.39, 0.29) is 36.3 Å². The number of carbonyl (C=O) groups is 1. The van der Waals surface area contributed by atoms with Gasteiger partial charge >= 0.3 is 0 Å². The van der Waals surface area contributed by atoms with Crippen molar-refractivity contribution in [3.63, 3.8) is 0 Å². The van der Waals surface area contributed by atoms with Crippen LogP contribution in [0.15, 0.2) is 18.2 Å². The van der Waals surface area contributed by atoms with Crippen LogP contribution in [0.4, 0.5) is 5.69 Å². The number of carbonyl (C=O) groups excluding carboxylic acids is 1. The van der Waals surface area contributed by atoms with Gasteiger partial charge in [0, 0.05) is 12.1 Å². The SMILES string of the molecule is CC(C)OCC(O)COc1ccc([N+](=O)[O-])cc1C=O. The van der Waals surface area contributed by atoms with Crippen LogP contribution < -0.4 is 4.74 Å². The first-order valence-electron chi connectivity index (χ1n) is 6.10. The molecule has 1 rings (SSSR count). The van der Waals surface area contributed by atoms with Crippen LogP contribution in [0.2, 0.25) is 0 Å². The largest absolute Gasteiger partial charge is 0.490 e. The van der Waals surface area contributed by atoms with Gasteiger partial charge in [-0.1, -0.05) is 0 Å². The molecule has 0 saturated carbocycles. The minimum atomic E-state index is -0.841. The van der Waals surface area contributed by atoms with Crippen LogP contribution in [0.1, 0.15) is 24.2 Å². The minimum Gasteiger partial charge on any atom is -0.490 e. The summed E-state index contributed by atoms with van der Waals surface area (Å²) in [7, 11) is 0. The molecule has 1 N–H and O–H groups in total. The second-order valence-corrected chi connectivity index (χ2v) is 4.44. The quantitative estimate of drug-likeness (QED) is 0.441. The molecule has 0 amide bonds. The standard InChI is InChI=1S/C13H17NO6/c1-9(2)19-7-12(16)8-20-13-4-3-11(14(17)18)5-10(13)6-15/h3-6,9,12,16H,7-8H2,1-2H3. The molecule has 1 unspecified atom stereocenters. The molecule has 1 aromatic rings. The average Bonchev–Trinajstić information content (AvgIpc) is 2.42. The van der Waals surface area contributed by atoms with Crippen molar-refractivity contribution >= 4 is 12.0 Å². The molecule has 20 heavy (non-hydrogen) atoms. The molecule has 0 saturated heterocycles. The number of benzene rings is 1. The zero-order valence-electron chi connectivity index (χ0n) is 11.3. The molecule has 1 aromatic carbocycles. The Bertz CT molecular complexity index is 474. The van der Waals surface area contributed by atoms with E-state index in [4.69, 9.17) is 9.47 Å². The fourth-order valence-corrected chi connectivity index (χ4v) is 1.41. The van der Waals surface area contributed by atoms with Gasteiger partial charge in [0.25, 0.3) is 5.69 Å². The van der Waals surface area contributed by atoms with Gasteiger partial charge < -0.3 is 14.6 Å². The Hall–Kier alpha value is -1.99. The van der Waals surface area contributed by atoms with Crippen molar-refractivity contribution in [2.75, 3.05) is 13.2 Å². The Labute approximate surface area is 116 Å². The summed E-state index contributed by atoms with van der Waals surface area (Å²) in [5.41, 5.74) is -0.126. The number of nitro benzene ring substituents is 1. The van der Waals surface area contributed by atoms with E-state index in [1.807, 2.05) is 13.8 Å². The number of ether oxygens (including phenoxy) is 2. The third-order valence-electron chi connectivity index (χ3n) is 2.38. The van der Waals surface area contributed by atoms with Crippen LogP contribution in [0.25, 0.3) is 0 Å². The van der Waals surface area contributed by atoms with E-state index in [2.05, 4.69) is 0 Å². The van der Waals surface area contributed by atoms with Gasteiger partial charge in [-0.3, -0.25) is 14.9 Å². The van der Waals surface area contributed by atoms with E-state index < -0.39 is 11.0 Å². The number of nitrogens with zero attached hydrogens (tertiary/aromatic N) is 1. The van der Waals surface area contributed by atoms with E-state index in [0.717, 1.165) is 6.07 Å². The molecule has 0 aliphatic carbocycles. The monoisotopic (exact) mass is 283 g/mol. The molecule has 0 aliphatic rings. The lowest BCUT2D eigenvalue weighted by Gasteiger charge is -2.15. The second-order valence-electron chi connectivity index (χ2n) is 4.44. The average molecular weight is 283 g/mol. The predicted molar refractivity (Wildman–Crippen MR) is 71.1 cm³/mol. The molecular weight excluding hydrogens is 266 g/mol. The summed E-state index contributed by atoms with van der Waals surface area (Å²) in [5.74, 6) is 0.189. The zero-order chi connectivity index (χ0) is 15.1. The number of hydrogen-bond donors (Lipinski definition) is 1. The predicted octanol–water partition coefficient (Wildman–Crippen LogP) is 1.57. The van der Waals surface area contributed by atoms with E-state index >= 15 is 0 Å². The maximum atomic E-state index is 10.9. The Morgan fingerprint density at radius 3 is 2.65 bits per heavy atom. The summed E-state index contributed by atoms with van der Waals surface area (Å²) in [6, 6.07) is 3.69. The molecule has 110 valence electrons. The molecule has 0 aliphatic heterocycles. The van der Waals surface area contributed by atoms with E-state index in [1.165, 1.54) is 12.1 Å². The van der Waals surface area contributed by atoms with Crippen molar-refractivity contribution in [2.24, 2.45) is 0 Å². The van der Waals surface area contributed by atoms with E-state index in [1.54, 1.807) is 0 Å². The van der Waals surface area contributed by atoms with Crippen molar-refractivity contribution < 1.29 is 24.3 Å². The first-order chi connectivity index (χ1) is 9.43. The Morgan fingerprint density at radius 2 is 2.10 bits per heavy atom. The highest BCUT2D eigenvalue weighted by molar-refractivity contribution is 5.80. The van der Waals surface area contributed by atoms with Crippen LogP contribution in [-0.2, 0) is 4.74 Å². The number of rotatable bonds is 8. The Morgan fingerprint density at radius 1 is 1.40 bits per heavy atom. The summed E-state index contributed by atoms with van der Waals surface area (Å²) >= 11 is 0. The van der Waals surface area contributed by atoms with E-state index in [0.29, 0.717) is 6.29 Å². The fraction of sp³-hybridized carbons (Fsp3) is 0.462. The molecule has 1 atom stereocenters. The first kappa shape index (κ1) is 16.1. The molecule has 0 bridgehead atoms. The van der Waals surface area contributed by atoms with Crippen LogP contribution in [-0.4, -0.2) is 41.7 Å². The highest BCUT2D eigenvalue weighted by atomic mass is 16.6. The number of non-ortho nitro benzene ring substituents is 1. The van der Waals surface area contributed by atoms with Gasteiger partial charge in [0.2, 0.25) is 0 Å². The van der Waals surface area contributed by atoms with Crippen LogP contribution in [0, 0.1) is 10.1 Å². The van der Waals surface area contributed by atoms with Gasteiger partial charge in [0.05, 0.1) is 23.2 Å². The van der Waals surface area contributed by atoms with Crippen molar-refractivity contribution in [2.45, 2.75) is 26.1 Å². The third-order valence-corrected chi connectivity index (χ3v) is 2.38. The zero-order valence-corrected chi connectivity index (χ0v) is 11.3. The summed E-state index contributed by atoms with van der Waals surface area (Å²) in [6.07, 6.45) is -0.374. The highest BCUT2D eigenvalue weighted by Gasteiger charge is 2.13. The lowest BCUT2D eigenvalue weighted by atomic mass is 10.2. The van der Waals surface area contributed by atoms with Crippen molar-refractivity contribution in [1.82, 2.24) is 0 Å². The van der Waals surface area contributed by atoms with Crippen LogP contribution in [0.3, 0.4) is 0 Å². The summed E-state index contributed by atoms with van der Waals surface area (Å²) < 4.78 is 10.5. The molecule has 0 fully saturated rings. The van der Waals surface area contributed by atoms with Gasteiger partial charge in [-0.15, -0.1) is 0 Å². The van der Waals surface area contributed by atoms with Crippen LogP contribution in [0.5, 0.6) is 5.75 Å². The summed E-state index contributed by atoms with van der Waals surface area (Å²) in [5, 5.41) is 20.2. The van der Waals surface area contributed by atoms with Crippen LogP contribution >= 0.6 is 0 Å². The van der Waals surface area contributed by atoms with Gasteiger partial charge in [-0.25, -0.2) is 0 Å². The van der Waals surface area contributed by atoms with Gasteiger partial charge in [-0.2, -0.15) is 0 Å². The normalized spacial score (nSPS) is 12.2. The number of aliphatic hydroxyl groups is 1. The number of nitro groups is 1. The fourth-order valence-electron chi connectivity index (χ4n) is 1.41. The lowest BCUT2D eigenvalue weighted by Crippen LogP contribution is -2.25. The lowest BCUT2D eigenvalue weighted by molar-refractivity contribution is -0.384. The van der Waals surface area contributed by atoms with Crippen molar-refractivity contribution in [3.8, 4) is 5.75 Å². The maximum absolute atomic E-state index is 10.9. The minimum absolute atomic E-state index is 0.00504. The topological polar surface area (TPSA) is 98.9 Å². The van der Waals surface area contributed by atoms with Crippen molar-refractivity contribution in [3.05, 3.63) is 33.9 Å². The number of aldehydes is 1. The molecule has 0 heterocycles. The third kappa shape index (κ3) is 4.94.